The zero-order chi connectivity index (χ0) is 29.9. The van der Waals surface area contributed by atoms with Gasteiger partial charge in [0.15, 0.2) is 0 Å². The van der Waals surface area contributed by atoms with Crippen LogP contribution in [0.1, 0.15) is 44.7 Å². The van der Waals surface area contributed by atoms with Crippen LogP contribution in [0.25, 0.3) is 11.3 Å². The van der Waals surface area contributed by atoms with Crippen LogP contribution in [0.2, 0.25) is 0 Å². The number of nitrogens with two attached hydrogens (primary N) is 1. The molecule has 4 N–H and O–H groups in total. The predicted octanol–water partition coefficient (Wildman–Crippen LogP) is 5.52. The Labute approximate surface area is 240 Å². The third-order valence-corrected chi connectivity index (χ3v) is 7.09. The Morgan fingerprint density at radius 1 is 1.15 bits per heavy atom. The van der Waals surface area contributed by atoms with Crippen molar-refractivity contribution in [2.24, 2.45) is 5.92 Å². The second-order valence-corrected chi connectivity index (χ2v) is 11.4. The number of amides is 2. The lowest BCUT2D eigenvalue weighted by molar-refractivity contribution is -0.126. The highest BCUT2D eigenvalue weighted by molar-refractivity contribution is 5.80. The van der Waals surface area contributed by atoms with Crippen molar-refractivity contribution in [2.75, 3.05) is 30.8 Å². The topological polar surface area (TPSA) is 121 Å². The average molecular weight is 564 g/mol. The maximum Gasteiger partial charge on any atom is 0.410 e. The minimum absolute atomic E-state index is 0.0113. The van der Waals surface area contributed by atoms with Crippen molar-refractivity contribution in [1.82, 2.24) is 15.2 Å². The monoisotopic (exact) mass is 563 g/mol. The number of aromatic hydroxyl groups is 1. The van der Waals surface area contributed by atoms with Gasteiger partial charge in [-0.05, 0) is 82.5 Å². The molecule has 1 aromatic heterocycles. The molecule has 0 bridgehead atoms. The van der Waals surface area contributed by atoms with E-state index < -0.39 is 5.60 Å². The molecule has 0 radical (unpaired) electrons. The Morgan fingerprint density at radius 2 is 1.85 bits per heavy atom. The van der Waals surface area contributed by atoms with Crippen LogP contribution in [-0.4, -0.2) is 52.7 Å². The van der Waals surface area contributed by atoms with Gasteiger partial charge in [0, 0.05) is 49.4 Å². The number of likely N-dealkylation sites (tertiary alicyclic amines) is 1. The highest BCUT2D eigenvalue weighted by Gasteiger charge is 2.30. The fraction of sp³-hybridized carbons (Fsp3) is 0.387. The molecule has 2 aromatic carbocycles. The van der Waals surface area contributed by atoms with Crippen molar-refractivity contribution in [3.8, 4) is 17.0 Å². The van der Waals surface area contributed by atoms with Crippen molar-refractivity contribution >= 4 is 29.2 Å². The van der Waals surface area contributed by atoms with E-state index in [0.717, 1.165) is 5.56 Å². The molecular weight excluding hydrogens is 525 g/mol. The molecule has 2 heterocycles. The Kier molecular flexibility index (Phi) is 8.70. The van der Waals surface area contributed by atoms with Crippen LogP contribution in [-0.2, 0) is 16.1 Å². The van der Waals surface area contributed by atoms with Crippen molar-refractivity contribution in [3.05, 3.63) is 65.5 Å². The number of halogens is 1. The lowest BCUT2D eigenvalue weighted by Crippen LogP contribution is -2.44. The molecule has 1 saturated heterocycles. The number of pyridine rings is 1. The molecule has 10 heteroatoms. The van der Waals surface area contributed by atoms with E-state index in [0.29, 0.717) is 54.1 Å². The SMILES string of the molecule is Cc1ccc(N(C)c2ccc(O)c(-c3ccc(CNC(=O)C4CCN(C(=O)OC(C)(C)C)CC4)c(N)n3)c2)c(F)c1. The normalized spacial score (nSPS) is 14.0. The molecule has 0 aliphatic carbocycles. The number of phenolic OH excluding ortho intramolecular Hbond substituents is 1. The molecule has 4 rings (SSSR count). The van der Waals surface area contributed by atoms with Gasteiger partial charge in [-0.1, -0.05) is 12.1 Å². The molecule has 1 aliphatic heterocycles. The van der Waals surface area contributed by atoms with Crippen molar-refractivity contribution in [2.45, 2.75) is 52.7 Å². The second-order valence-electron chi connectivity index (χ2n) is 11.4. The van der Waals surface area contributed by atoms with Gasteiger partial charge in [-0.2, -0.15) is 0 Å². The standard InChI is InChI=1S/C31H38FN5O4/c1-19-6-10-26(24(32)16-19)36(5)22-8-11-27(38)23(17-22)25-9-7-21(28(33)35-25)18-34-29(39)20-12-14-37(15-13-20)30(40)41-31(2,3)4/h6-11,16-17,20,38H,12-15,18H2,1-5H3,(H2,33,35)(H,34,39). The van der Waals surface area contributed by atoms with Gasteiger partial charge in [0.2, 0.25) is 5.91 Å². The second kappa shape index (κ2) is 12.0. The molecular formula is C31H38FN5O4. The van der Waals surface area contributed by atoms with E-state index >= 15 is 0 Å². The molecule has 0 unspecified atom stereocenters. The molecule has 0 saturated carbocycles. The van der Waals surface area contributed by atoms with E-state index in [2.05, 4.69) is 10.3 Å². The number of phenols is 1. The number of carbonyl (C=O) groups is 2. The van der Waals surface area contributed by atoms with Gasteiger partial charge >= 0.3 is 6.09 Å². The third-order valence-electron chi connectivity index (χ3n) is 7.09. The van der Waals surface area contributed by atoms with Crippen LogP contribution >= 0.6 is 0 Å². The van der Waals surface area contributed by atoms with Gasteiger partial charge in [-0.15, -0.1) is 0 Å². The summed E-state index contributed by atoms with van der Waals surface area (Å²) in [7, 11) is 1.75. The molecule has 3 aromatic rings. The van der Waals surface area contributed by atoms with Crippen LogP contribution in [0.3, 0.4) is 0 Å². The maximum absolute atomic E-state index is 14.6. The third kappa shape index (κ3) is 7.25. The summed E-state index contributed by atoms with van der Waals surface area (Å²) < 4.78 is 20.0. The number of ether oxygens (including phenoxy) is 1. The molecule has 218 valence electrons. The fourth-order valence-corrected chi connectivity index (χ4v) is 4.74. The van der Waals surface area contributed by atoms with E-state index in [1.165, 1.54) is 12.1 Å². The lowest BCUT2D eigenvalue weighted by atomic mass is 9.96. The number of aryl methyl sites for hydroxylation is 1. The van der Waals surface area contributed by atoms with Crippen LogP contribution < -0.4 is 16.0 Å². The number of hydrogen-bond donors (Lipinski definition) is 3. The number of nitrogen functional groups attached to an aromatic ring is 1. The number of anilines is 3. The fourth-order valence-electron chi connectivity index (χ4n) is 4.74. The van der Waals surface area contributed by atoms with E-state index in [1.807, 2.05) is 33.8 Å². The van der Waals surface area contributed by atoms with Crippen molar-refractivity contribution in [3.63, 3.8) is 0 Å². The van der Waals surface area contributed by atoms with Gasteiger partial charge in [0.05, 0.1) is 11.4 Å². The van der Waals surface area contributed by atoms with Crippen LogP contribution in [0, 0.1) is 18.7 Å². The molecule has 0 atom stereocenters. The first kappa shape index (κ1) is 29.6. The van der Waals surface area contributed by atoms with Crippen LogP contribution in [0.5, 0.6) is 5.75 Å². The van der Waals surface area contributed by atoms with Gasteiger partial charge in [-0.25, -0.2) is 14.2 Å². The molecule has 1 aliphatic rings. The average Bonchev–Trinajstić information content (AvgIpc) is 2.91. The summed E-state index contributed by atoms with van der Waals surface area (Å²) in [5.41, 5.74) is 9.10. The van der Waals surface area contributed by atoms with Crippen molar-refractivity contribution < 1.29 is 23.8 Å². The van der Waals surface area contributed by atoms with E-state index in [9.17, 15) is 19.1 Å². The number of piperidine rings is 1. The van der Waals surface area contributed by atoms with E-state index in [1.54, 1.807) is 47.2 Å². The maximum atomic E-state index is 14.6. The Hall–Kier alpha value is -4.34. The summed E-state index contributed by atoms with van der Waals surface area (Å²) in [5.74, 6) is -0.418. The Balaban J connectivity index is 1.39. The molecule has 41 heavy (non-hydrogen) atoms. The molecule has 0 spiro atoms. The molecule has 1 fully saturated rings. The zero-order valence-electron chi connectivity index (χ0n) is 24.2. The predicted molar refractivity (Wildman–Crippen MR) is 157 cm³/mol. The van der Waals surface area contributed by atoms with E-state index in [-0.39, 0.29) is 41.8 Å². The highest BCUT2D eigenvalue weighted by atomic mass is 19.1. The van der Waals surface area contributed by atoms with Gasteiger partial charge in [-0.3, -0.25) is 4.79 Å². The van der Waals surface area contributed by atoms with Crippen LogP contribution in [0.4, 0.5) is 26.4 Å². The van der Waals surface area contributed by atoms with Crippen molar-refractivity contribution in [1.29, 1.82) is 0 Å². The van der Waals surface area contributed by atoms with Gasteiger partial charge in [0.25, 0.3) is 0 Å². The van der Waals surface area contributed by atoms with Crippen LogP contribution in [0.15, 0.2) is 48.5 Å². The first-order chi connectivity index (χ1) is 19.3. The summed E-state index contributed by atoms with van der Waals surface area (Å²) in [6, 6.07) is 13.5. The number of hydrogen-bond acceptors (Lipinski definition) is 7. The quantitative estimate of drug-likeness (QED) is 0.361. The first-order valence-electron chi connectivity index (χ1n) is 13.7. The van der Waals surface area contributed by atoms with Gasteiger partial charge < -0.3 is 30.7 Å². The summed E-state index contributed by atoms with van der Waals surface area (Å²) in [6.45, 7) is 8.42. The smallest absolute Gasteiger partial charge is 0.410 e. The molecule has 9 nitrogen and oxygen atoms in total. The van der Waals surface area contributed by atoms with Gasteiger partial charge in [0.1, 0.15) is 23.0 Å². The lowest BCUT2D eigenvalue weighted by Gasteiger charge is -2.32. The minimum Gasteiger partial charge on any atom is -0.507 e. The molecule has 2 amide bonds. The van der Waals surface area contributed by atoms with E-state index in [4.69, 9.17) is 10.5 Å². The number of nitrogens with one attached hydrogen (secondary N) is 1. The first-order valence-corrected chi connectivity index (χ1v) is 13.7. The number of benzene rings is 2. The number of nitrogens with zero attached hydrogens (tertiary/aromatic N) is 3. The summed E-state index contributed by atoms with van der Waals surface area (Å²) in [5, 5.41) is 13.5. The summed E-state index contributed by atoms with van der Waals surface area (Å²) >= 11 is 0. The highest BCUT2D eigenvalue weighted by Crippen LogP contribution is 2.35. The Bertz CT molecular complexity index is 1430. The summed E-state index contributed by atoms with van der Waals surface area (Å²) in [4.78, 5) is 32.9. The zero-order valence-corrected chi connectivity index (χ0v) is 24.2. The summed E-state index contributed by atoms with van der Waals surface area (Å²) in [6.07, 6.45) is 0.739. The number of aromatic nitrogens is 1. The number of rotatable bonds is 6. The minimum atomic E-state index is -0.562. The number of carbonyl (C=O) groups excluding carboxylic acids is 2. The Morgan fingerprint density at radius 3 is 2.49 bits per heavy atom. The largest absolute Gasteiger partial charge is 0.507 e.